The summed E-state index contributed by atoms with van der Waals surface area (Å²) in [4.78, 5) is 12.1. The summed E-state index contributed by atoms with van der Waals surface area (Å²) in [6.07, 6.45) is 0.270. The SMILES string of the molecule is CCn1nc(CNC(=O)Cc2ccccc2Cl)c2ccccc21. The number of fused-ring (bicyclic) bond motifs is 1. The molecule has 1 heterocycles. The van der Waals surface area contributed by atoms with E-state index in [4.69, 9.17) is 11.6 Å². The van der Waals surface area contributed by atoms with Crippen LogP contribution < -0.4 is 5.32 Å². The second kappa shape index (κ2) is 6.84. The Labute approximate surface area is 140 Å². The maximum atomic E-state index is 12.1. The van der Waals surface area contributed by atoms with Gasteiger partial charge >= 0.3 is 0 Å². The fourth-order valence-electron chi connectivity index (χ4n) is 2.63. The first-order chi connectivity index (χ1) is 11.2. The summed E-state index contributed by atoms with van der Waals surface area (Å²) in [7, 11) is 0. The van der Waals surface area contributed by atoms with Crippen molar-refractivity contribution in [2.24, 2.45) is 0 Å². The van der Waals surface area contributed by atoms with Crippen LogP contribution in [0.4, 0.5) is 0 Å². The third-order valence-electron chi connectivity index (χ3n) is 3.80. The van der Waals surface area contributed by atoms with E-state index in [1.54, 1.807) is 6.07 Å². The normalized spacial score (nSPS) is 10.9. The maximum Gasteiger partial charge on any atom is 0.224 e. The van der Waals surface area contributed by atoms with E-state index in [9.17, 15) is 4.79 Å². The van der Waals surface area contributed by atoms with Gasteiger partial charge in [-0.05, 0) is 24.6 Å². The van der Waals surface area contributed by atoms with Crippen LogP contribution in [0.3, 0.4) is 0 Å². The molecule has 0 fully saturated rings. The lowest BCUT2D eigenvalue weighted by atomic mass is 10.1. The number of rotatable bonds is 5. The molecule has 5 heteroatoms. The van der Waals surface area contributed by atoms with Gasteiger partial charge in [0.1, 0.15) is 0 Å². The molecule has 2 aromatic carbocycles. The van der Waals surface area contributed by atoms with E-state index in [0.717, 1.165) is 28.7 Å². The highest BCUT2D eigenvalue weighted by Crippen LogP contribution is 2.18. The molecule has 3 rings (SSSR count). The fraction of sp³-hybridized carbons (Fsp3) is 0.222. The van der Waals surface area contributed by atoms with Crippen molar-refractivity contribution in [3.8, 4) is 0 Å². The van der Waals surface area contributed by atoms with E-state index in [1.807, 2.05) is 47.1 Å². The molecule has 0 spiro atoms. The predicted octanol–water partition coefficient (Wildman–Crippen LogP) is 3.57. The van der Waals surface area contributed by atoms with Crippen LogP contribution in [-0.2, 0) is 24.3 Å². The number of nitrogens with one attached hydrogen (secondary N) is 1. The van der Waals surface area contributed by atoms with E-state index in [1.165, 1.54) is 0 Å². The van der Waals surface area contributed by atoms with E-state index in [2.05, 4.69) is 17.3 Å². The highest BCUT2D eigenvalue weighted by Gasteiger charge is 2.11. The molecule has 0 unspecified atom stereocenters. The number of aromatic nitrogens is 2. The van der Waals surface area contributed by atoms with Crippen molar-refractivity contribution in [1.82, 2.24) is 15.1 Å². The minimum absolute atomic E-state index is 0.0618. The van der Waals surface area contributed by atoms with E-state index in [0.29, 0.717) is 11.6 Å². The van der Waals surface area contributed by atoms with E-state index < -0.39 is 0 Å². The molecule has 3 aromatic rings. The molecule has 0 aliphatic carbocycles. The third kappa shape index (κ3) is 3.37. The first kappa shape index (κ1) is 15.6. The molecule has 0 atom stereocenters. The Bertz CT molecular complexity index is 841. The van der Waals surface area contributed by atoms with Crippen LogP contribution in [0.5, 0.6) is 0 Å². The summed E-state index contributed by atoms with van der Waals surface area (Å²) >= 11 is 6.09. The summed E-state index contributed by atoms with van der Waals surface area (Å²) in [5, 5.41) is 9.20. The largest absolute Gasteiger partial charge is 0.350 e. The molecular formula is C18H18ClN3O. The Morgan fingerprint density at radius 1 is 1.17 bits per heavy atom. The number of amides is 1. The number of nitrogens with zero attached hydrogens (tertiary/aromatic N) is 2. The van der Waals surface area contributed by atoms with Crippen molar-refractivity contribution in [3.05, 3.63) is 64.8 Å². The van der Waals surface area contributed by atoms with Crippen molar-refractivity contribution >= 4 is 28.4 Å². The molecule has 118 valence electrons. The second-order valence-corrected chi connectivity index (χ2v) is 5.73. The minimum Gasteiger partial charge on any atom is -0.350 e. The zero-order valence-electron chi connectivity index (χ0n) is 12.9. The summed E-state index contributed by atoms with van der Waals surface area (Å²) in [5.41, 5.74) is 2.80. The second-order valence-electron chi connectivity index (χ2n) is 5.32. The number of aryl methyl sites for hydroxylation is 1. The molecule has 0 saturated heterocycles. The quantitative estimate of drug-likeness (QED) is 0.778. The van der Waals surface area contributed by atoms with Crippen LogP contribution in [0.1, 0.15) is 18.2 Å². The molecule has 1 aromatic heterocycles. The average Bonchev–Trinajstić information content (AvgIpc) is 2.93. The van der Waals surface area contributed by atoms with Gasteiger partial charge in [-0.15, -0.1) is 0 Å². The molecule has 0 saturated carbocycles. The fourth-order valence-corrected chi connectivity index (χ4v) is 2.83. The van der Waals surface area contributed by atoms with Gasteiger partial charge in [0, 0.05) is 17.0 Å². The maximum absolute atomic E-state index is 12.1. The van der Waals surface area contributed by atoms with Gasteiger partial charge in [0.2, 0.25) is 5.91 Å². The topological polar surface area (TPSA) is 46.9 Å². The standard InChI is InChI=1S/C18H18ClN3O/c1-2-22-17-10-6-4-8-14(17)16(21-22)12-20-18(23)11-13-7-3-5-9-15(13)19/h3-10H,2,11-12H2,1H3,(H,20,23). The Morgan fingerprint density at radius 2 is 1.91 bits per heavy atom. The Balaban J connectivity index is 1.71. The molecule has 23 heavy (non-hydrogen) atoms. The summed E-state index contributed by atoms with van der Waals surface area (Å²) in [6, 6.07) is 15.4. The lowest BCUT2D eigenvalue weighted by molar-refractivity contribution is -0.120. The first-order valence-electron chi connectivity index (χ1n) is 7.63. The molecule has 0 radical (unpaired) electrons. The van der Waals surface area contributed by atoms with Crippen molar-refractivity contribution in [3.63, 3.8) is 0 Å². The van der Waals surface area contributed by atoms with Gasteiger partial charge in [-0.3, -0.25) is 9.48 Å². The number of halogens is 1. The van der Waals surface area contributed by atoms with Gasteiger partial charge in [0.05, 0.1) is 24.2 Å². The number of hydrogen-bond donors (Lipinski definition) is 1. The lowest BCUT2D eigenvalue weighted by Gasteiger charge is -2.05. The van der Waals surface area contributed by atoms with Crippen molar-refractivity contribution in [2.45, 2.75) is 26.4 Å². The summed E-state index contributed by atoms with van der Waals surface area (Å²) in [5.74, 6) is -0.0618. The van der Waals surface area contributed by atoms with E-state index >= 15 is 0 Å². The number of benzene rings is 2. The zero-order chi connectivity index (χ0) is 16.2. The molecule has 1 amide bonds. The summed E-state index contributed by atoms with van der Waals surface area (Å²) < 4.78 is 1.95. The third-order valence-corrected chi connectivity index (χ3v) is 4.16. The highest BCUT2D eigenvalue weighted by atomic mass is 35.5. The average molecular weight is 328 g/mol. The van der Waals surface area contributed by atoms with Gasteiger partial charge in [0.15, 0.2) is 0 Å². The van der Waals surface area contributed by atoms with Crippen LogP contribution >= 0.6 is 11.6 Å². The van der Waals surface area contributed by atoms with Crippen molar-refractivity contribution in [2.75, 3.05) is 0 Å². The van der Waals surface area contributed by atoms with Crippen molar-refractivity contribution in [1.29, 1.82) is 0 Å². The van der Waals surface area contributed by atoms with E-state index in [-0.39, 0.29) is 12.3 Å². The van der Waals surface area contributed by atoms with Gasteiger partial charge in [-0.25, -0.2) is 0 Å². The van der Waals surface area contributed by atoms with Gasteiger partial charge < -0.3 is 5.32 Å². The Morgan fingerprint density at radius 3 is 2.70 bits per heavy atom. The van der Waals surface area contributed by atoms with Gasteiger partial charge in [-0.1, -0.05) is 48.0 Å². The smallest absolute Gasteiger partial charge is 0.224 e. The molecular weight excluding hydrogens is 310 g/mol. The Hall–Kier alpha value is -2.33. The number of carbonyl (C=O) groups excluding carboxylic acids is 1. The van der Waals surface area contributed by atoms with Crippen LogP contribution in [0.25, 0.3) is 10.9 Å². The van der Waals surface area contributed by atoms with Crippen LogP contribution in [0.15, 0.2) is 48.5 Å². The number of hydrogen-bond acceptors (Lipinski definition) is 2. The Kier molecular flexibility index (Phi) is 4.63. The highest BCUT2D eigenvalue weighted by molar-refractivity contribution is 6.31. The predicted molar refractivity (Wildman–Crippen MR) is 92.4 cm³/mol. The van der Waals surface area contributed by atoms with Gasteiger partial charge in [-0.2, -0.15) is 5.10 Å². The minimum atomic E-state index is -0.0618. The molecule has 4 nitrogen and oxygen atoms in total. The number of para-hydroxylation sites is 1. The number of carbonyl (C=O) groups is 1. The molecule has 0 aliphatic heterocycles. The van der Waals surface area contributed by atoms with Crippen LogP contribution in [0, 0.1) is 0 Å². The van der Waals surface area contributed by atoms with Gasteiger partial charge in [0.25, 0.3) is 0 Å². The monoisotopic (exact) mass is 327 g/mol. The van der Waals surface area contributed by atoms with Crippen LogP contribution in [-0.4, -0.2) is 15.7 Å². The zero-order valence-corrected chi connectivity index (χ0v) is 13.7. The first-order valence-corrected chi connectivity index (χ1v) is 8.01. The molecule has 0 aliphatic rings. The van der Waals surface area contributed by atoms with Crippen molar-refractivity contribution < 1.29 is 4.79 Å². The summed E-state index contributed by atoms with van der Waals surface area (Å²) in [6.45, 7) is 3.27. The van der Waals surface area contributed by atoms with Crippen LogP contribution in [0.2, 0.25) is 5.02 Å². The molecule has 1 N–H and O–H groups in total. The molecule has 0 bridgehead atoms. The lowest BCUT2D eigenvalue weighted by Crippen LogP contribution is -2.25.